The summed E-state index contributed by atoms with van der Waals surface area (Å²) in [5.41, 5.74) is -1.90. The Hall–Kier alpha value is -2.71. The number of alkyl halides is 3. The molecule has 0 bridgehead atoms. The van der Waals surface area contributed by atoms with E-state index in [4.69, 9.17) is 24.1 Å². The predicted molar refractivity (Wildman–Crippen MR) is 214 cm³/mol. The van der Waals surface area contributed by atoms with Crippen molar-refractivity contribution in [2.45, 2.75) is 178 Å². The molecule has 2 aliphatic heterocycles. The zero-order chi connectivity index (χ0) is 43.2. The Balaban J connectivity index is 1.21. The van der Waals surface area contributed by atoms with Crippen molar-refractivity contribution < 1.29 is 51.6 Å². The van der Waals surface area contributed by atoms with Crippen LogP contribution in [0.4, 0.5) is 18.0 Å². The molecule has 2 saturated heterocycles. The van der Waals surface area contributed by atoms with Gasteiger partial charge in [-0.2, -0.15) is 24.9 Å². The van der Waals surface area contributed by atoms with Crippen molar-refractivity contribution >= 4 is 29.6 Å². The number of fused-ring (bicyclic) bond motifs is 1. The van der Waals surface area contributed by atoms with E-state index in [1.165, 1.54) is 0 Å². The number of carbonyl (C=O) groups is 3. The van der Waals surface area contributed by atoms with Crippen molar-refractivity contribution in [3.8, 4) is 0 Å². The van der Waals surface area contributed by atoms with Gasteiger partial charge in [0, 0.05) is 30.6 Å². The van der Waals surface area contributed by atoms with Crippen LogP contribution in [-0.2, 0) is 41.7 Å². The Kier molecular flexibility index (Phi) is 19.0. The van der Waals surface area contributed by atoms with Crippen LogP contribution in [0.25, 0.3) is 0 Å². The number of unbranched alkanes of at least 4 members (excludes halogenated alkanes) is 3. The SMILES string of the molecule is CC(C)(COC(C)(C)CCNC(=O)C(O)C(F)(F)F)NC(=O)CCC(C)(C)OCCC(C)(C)OCc1cn(CCOCCCCCCC2SCC3NC(=O)NC32)nn1. The highest BCUT2D eigenvalue weighted by molar-refractivity contribution is 8.00. The third kappa shape index (κ3) is 18.7. The summed E-state index contributed by atoms with van der Waals surface area (Å²) in [5, 5.41) is 29.1. The van der Waals surface area contributed by atoms with Crippen molar-refractivity contribution in [2.24, 2.45) is 0 Å². The largest absolute Gasteiger partial charge is 0.423 e. The first-order chi connectivity index (χ1) is 27.0. The van der Waals surface area contributed by atoms with Gasteiger partial charge in [0.2, 0.25) is 12.0 Å². The molecule has 1 aromatic rings. The van der Waals surface area contributed by atoms with Crippen molar-refractivity contribution in [2.75, 3.05) is 38.7 Å². The second-order valence-electron chi connectivity index (χ2n) is 17.8. The summed E-state index contributed by atoms with van der Waals surface area (Å²) in [6.45, 7) is 17.5. The number of rotatable bonds is 28. The number of carbonyl (C=O) groups excluding carboxylic acids is 3. The van der Waals surface area contributed by atoms with E-state index in [9.17, 15) is 27.6 Å². The number of amides is 4. The van der Waals surface area contributed by atoms with Gasteiger partial charge < -0.3 is 45.3 Å². The molecule has 4 atom stereocenters. The van der Waals surface area contributed by atoms with Gasteiger partial charge in [-0.15, -0.1) is 5.10 Å². The molecule has 334 valence electrons. The predicted octanol–water partition coefficient (Wildman–Crippen LogP) is 4.79. The second kappa shape index (κ2) is 22.2. The van der Waals surface area contributed by atoms with Crippen molar-refractivity contribution in [3.05, 3.63) is 11.9 Å². The average molecular weight is 852 g/mol. The molecule has 5 N–H and O–H groups in total. The summed E-state index contributed by atoms with van der Waals surface area (Å²) in [7, 11) is 0. The lowest BCUT2D eigenvalue weighted by Crippen LogP contribution is -2.49. The van der Waals surface area contributed by atoms with Gasteiger partial charge >= 0.3 is 12.2 Å². The highest BCUT2D eigenvalue weighted by Gasteiger charge is 2.44. The van der Waals surface area contributed by atoms with Crippen LogP contribution in [-0.4, -0.2) is 129 Å². The fourth-order valence-corrected chi connectivity index (χ4v) is 7.92. The normalized spacial score (nSPS) is 19.4. The van der Waals surface area contributed by atoms with Gasteiger partial charge in [0.05, 0.1) is 73.6 Å². The van der Waals surface area contributed by atoms with Crippen LogP contribution in [0.15, 0.2) is 6.20 Å². The molecule has 2 aliphatic rings. The number of hydrogen-bond donors (Lipinski definition) is 5. The van der Waals surface area contributed by atoms with Crippen LogP contribution in [0, 0.1) is 0 Å². The number of aliphatic hydroxyl groups excluding tert-OH is 1. The van der Waals surface area contributed by atoms with E-state index in [1.807, 2.05) is 45.7 Å². The van der Waals surface area contributed by atoms with Gasteiger partial charge in [-0.05, 0) is 87.5 Å². The fourth-order valence-electron chi connectivity index (χ4n) is 6.38. The maximum absolute atomic E-state index is 12.8. The minimum Gasteiger partial charge on any atom is -0.380 e. The summed E-state index contributed by atoms with van der Waals surface area (Å²) < 4.78 is 63.4. The Morgan fingerprint density at radius 1 is 0.931 bits per heavy atom. The number of hydrogen-bond acceptors (Lipinski definition) is 11. The van der Waals surface area contributed by atoms with Gasteiger partial charge in [-0.3, -0.25) is 9.59 Å². The van der Waals surface area contributed by atoms with Crippen LogP contribution in [0.3, 0.4) is 0 Å². The summed E-state index contributed by atoms with van der Waals surface area (Å²) in [6, 6.07) is 0.529. The van der Waals surface area contributed by atoms with Gasteiger partial charge in [-0.1, -0.05) is 24.5 Å². The number of urea groups is 1. The molecule has 15 nitrogen and oxygen atoms in total. The fraction of sp³-hybridized carbons (Fsp3) is 0.872. The Morgan fingerprint density at radius 3 is 2.34 bits per heavy atom. The van der Waals surface area contributed by atoms with E-state index in [0.29, 0.717) is 51.1 Å². The van der Waals surface area contributed by atoms with E-state index in [-0.39, 0.29) is 50.0 Å². The molecule has 0 radical (unpaired) electrons. The van der Waals surface area contributed by atoms with Gasteiger partial charge in [-0.25, -0.2) is 9.48 Å². The molecule has 0 spiro atoms. The molecular weight excluding hydrogens is 784 g/mol. The number of aliphatic hydroxyl groups is 1. The number of nitrogens with one attached hydrogen (secondary N) is 4. The number of ether oxygens (including phenoxy) is 4. The third-order valence-corrected chi connectivity index (χ3v) is 11.7. The Bertz CT molecular complexity index is 1450. The maximum atomic E-state index is 12.8. The number of aromatic nitrogens is 3. The molecule has 19 heteroatoms. The molecule has 1 aromatic heterocycles. The number of halogens is 3. The van der Waals surface area contributed by atoms with Crippen LogP contribution < -0.4 is 21.3 Å². The van der Waals surface area contributed by atoms with Gasteiger partial charge in [0.1, 0.15) is 5.69 Å². The smallest absolute Gasteiger partial charge is 0.380 e. The zero-order valence-corrected chi connectivity index (χ0v) is 36.4. The first kappa shape index (κ1) is 49.7. The standard InChI is InChI=1S/C39H68F3N7O8S/c1-35(2,26-57-37(5,6)16-18-43-33(52)32(51)39(40,41)42)46-30(50)14-15-36(3,4)55-21-17-38(7,8)56-24-27-23-49(48-47-27)19-22-54-20-12-10-9-11-13-29-31-28(25-58-29)44-34(53)45-31/h23,28-29,31-32,51H,9-22,24-26H2,1-8H3,(H,43,52)(H,46,50)(H2,44,45,53). The molecule has 3 heterocycles. The topological polar surface area (TPSA) is 187 Å². The summed E-state index contributed by atoms with van der Waals surface area (Å²) in [4.78, 5) is 35.9. The lowest BCUT2D eigenvalue weighted by molar-refractivity contribution is -0.205. The van der Waals surface area contributed by atoms with E-state index in [1.54, 1.807) is 32.4 Å². The molecule has 0 saturated carbocycles. The van der Waals surface area contributed by atoms with Crippen LogP contribution >= 0.6 is 11.8 Å². The molecule has 0 aromatic carbocycles. The minimum atomic E-state index is -5.03. The second-order valence-corrected chi connectivity index (χ2v) is 19.1. The maximum Gasteiger partial charge on any atom is 0.423 e. The lowest BCUT2D eigenvalue weighted by Gasteiger charge is -2.33. The minimum absolute atomic E-state index is 0.0304. The first-order valence-corrected chi connectivity index (χ1v) is 21.4. The molecule has 4 amide bonds. The monoisotopic (exact) mass is 851 g/mol. The summed E-state index contributed by atoms with van der Waals surface area (Å²) >= 11 is 1.96. The Labute approximate surface area is 345 Å². The highest BCUT2D eigenvalue weighted by atomic mass is 32.2. The Morgan fingerprint density at radius 2 is 1.62 bits per heavy atom. The molecule has 2 fully saturated rings. The van der Waals surface area contributed by atoms with E-state index in [0.717, 1.165) is 43.6 Å². The molecule has 4 unspecified atom stereocenters. The van der Waals surface area contributed by atoms with E-state index < -0.39 is 40.5 Å². The third-order valence-electron chi connectivity index (χ3n) is 10.2. The van der Waals surface area contributed by atoms with Gasteiger partial charge in [0.15, 0.2) is 0 Å². The molecule has 0 aliphatic carbocycles. The number of thioether (sulfide) groups is 1. The van der Waals surface area contributed by atoms with E-state index >= 15 is 0 Å². The van der Waals surface area contributed by atoms with Crippen LogP contribution in [0.1, 0.15) is 119 Å². The average Bonchev–Trinajstić information content (AvgIpc) is 3.83. The van der Waals surface area contributed by atoms with Crippen LogP contribution in [0.2, 0.25) is 0 Å². The molecule has 58 heavy (non-hydrogen) atoms. The van der Waals surface area contributed by atoms with Crippen LogP contribution in [0.5, 0.6) is 0 Å². The molecular formula is C39H68F3N7O8S. The summed E-state index contributed by atoms with van der Waals surface area (Å²) in [6.07, 6.45) is 0.843. The number of nitrogens with zero attached hydrogens (tertiary/aromatic N) is 3. The quantitative estimate of drug-likeness (QED) is 0.0577. The summed E-state index contributed by atoms with van der Waals surface area (Å²) in [5.74, 6) is -0.698. The lowest BCUT2D eigenvalue weighted by atomic mass is 10.00. The van der Waals surface area contributed by atoms with Crippen molar-refractivity contribution in [1.29, 1.82) is 0 Å². The molecule has 3 rings (SSSR count). The van der Waals surface area contributed by atoms with Crippen molar-refractivity contribution in [3.63, 3.8) is 0 Å². The highest BCUT2D eigenvalue weighted by Crippen LogP contribution is 2.33. The van der Waals surface area contributed by atoms with Crippen molar-refractivity contribution in [1.82, 2.24) is 36.3 Å². The zero-order valence-electron chi connectivity index (χ0n) is 35.6. The first-order valence-electron chi connectivity index (χ1n) is 20.4. The van der Waals surface area contributed by atoms with E-state index in [2.05, 4.69) is 31.6 Å². The van der Waals surface area contributed by atoms with Gasteiger partial charge in [0.25, 0.3) is 5.91 Å².